The topological polar surface area (TPSA) is 63.6 Å². The molecule has 0 saturated carbocycles. The van der Waals surface area contributed by atoms with Crippen LogP contribution in [0.1, 0.15) is 38.3 Å². The van der Waals surface area contributed by atoms with E-state index >= 15 is 0 Å². The van der Waals surface area contributed by atoms with E-state index in [1.807, 2.05) is 32.0 Å². The fourth-order valence-electron chi connectivity index (χ4n) is 2.30. The number of fused-ring (bicyclic) bond motifs is 1. The summed E-state index contributed by atoms with van der Waals surface area (Å²) in [4.78, 5) is 0. The Balaban J connectivity index is 2.35. The Morgan fingerprint density at radius 1 is 1.15 bits per heavy atom. The number of ether oxygens (including phenoxy) is 3. The normalized spacial score (nSPS) is 15.8. The van der Waals surface area contributed by atoms with Gasteiger partial charge in [-0.1, -0.05) is 6.92 Å². The summed E-state index contributed by atoms with van der Waals surface area (Å²) in [6.07, 6.45) is 0.953. The van der Waals surface area contributed by atoms with E-state index < -0.39 is 5.91 Å². The summed E-state index contributed by atoms with van der Waals surface area (Å²) in [6.45, 7) is 7.53. The van der Waals surface area contributed by atoms with Gasteiger partial charge in [-0.15, -0.1) is 0 Å². The largest absolute Gasteiger partial charge is 0.494 e. The van der Waals surface area contributed by atoms with Gasteiger partial charge in [-0.3, -0.25) is 5.41 Å². The van der Waals surface area contributed by atoms with E-state index in [9.17, 15) is 0 Å². The van der Waals surface area contributed by atoms with Crippen LogP contribution in [0.4, 0.5) is 0 Å². The first-order valence-corrected chi connectivity index (χ1v) is 7.09. The minimum atomic E-state index is -1.04. The quantitative estimate of drug-likeness (QED) is 0.752. The van der Waals surface area contributed by atoms with Gasteiger partial charge in [0, 0.05) is 24.3 Å². The number of hydrogen-bond donors (Lipinski definition) is 2. The lowest BCUT2D eigenvalue weighted by atomic mass is 10.1. The zero-order valence-electron chi connectivity index (χ0n) is 12.3. The predicted molar refractivity (Wildman–Crippen MR) is 77.1 cm³/mol. The molecule has 20 heavy (non-hydrogen) atoms. The van der Waals surface area contributed by atoms with Crippen molar-refractivity contribution in [2.45, 2.75) is 33.1 Å². The van der Waals surface area contributed by atoms with Crippen LogP contribution in [0, 0.1) is 5.41 Å². The Morgan fingerprint density at radius 3 is 2.45 bits per heavy atom. The third kappa shape index (κ3) is 2.64. The fraction of sp³-hybridized carbons (Fsp3) is 0.533. The molecule has 1 aliphatic rings. The van der Waals surface area contributed by atoms with Crippen molar-refractivity contribution < 1.29 is 14.2 Å². The average Bonchev–Trinajstić information content (AvgIpc) is 2.70. The van der Waals surface area contributed by atoms with Gasteiger partial charge in [-0.25, -0.2) is 0 Å². The van der Waals surface area contributed by atoms with Crippen LogP contribution in [0.15, 0.2) is 18.2 Å². The summed E-state index contributed by atoms with van der Waals surface area (Å²) in [5.74, 6) is 0.0175. The molecule has 1 aromatic rings. The molecule has 0 bridgehead atoms. The number of benzene rings is 1. The van der Waals surface area contributed by atoms with Gasteiger partial charge in [0.05, 0.1) is 6.61 Å². The first-order chi connectivity index (χ1) is 9.66. The minimum Gasteiger partial charge on any atom is -0.494 e. The van der Waals surface area contributed by atoms with E-state index in [0.29, 0.717) is 25.7 Å². The van der Waals surface area contributed by atoms with Crippen molar-refractivity contribution in [2.75, 3.05) is 19.8 Å². The summed E-state index contributed by atoms with van der Waals surface area (Å²) < 4.78 is 17.1. The molecule has 2 N–H and O–H groups in total. The van der Waals surface area contributed by atoms with Crippen molar-refractivity contribution in [3.63, 3.8) is 0 Å². The van der Waals surface area contributed by atoms with Gasteiger partial charge >= 0.3 is 0 Å². The molecule has 0 saturated heterocycles. The Bertz CT molecular complexity index is 482. The standard InChI is InChI=1S/C15H22N2O3/c1-4-9-18-11-7-8-13-12(10-11)14(16)17-15(13,19-5-2)20-6-3/h7-8,10H,4-6,9H2,1-3H3,(H2,16,17). The Labute approximate surface area is 119 Å². The highest BCUT2D eigenvalue weighted by Gasteiger charge is 2.43. The summed E-state index contributed by atoms with van der Waals surface area (Å²) >= 11 is 0. The van der Waals surface area contributed by atoms with Crippen molar-refractivity contribution >= 4 is 5.84 Å². The molecule has 5 nitrogen and oxygen atoms in total. The van der Waals surface area contributed by atoms with Crippen LogP contribution in [-0.4, -0.2) is 25.7 Å². The number of nitrogens with one attached hydrogen (secondary N) is 2. The van der Waals surface area contributed by atoms with E-state index in [2.05, 4.69) is 12.2 Å². The predicted octanol–water partition coefficient (Wildman–Crippen LogP) is 2.59. The first kappa shape index (κ1) is 14.8. The van der Waals surface area contributed by atoms with Crippen LogP contribution in [0.5, 0.6) is 5.75 Å². The lowest BCUT2D eigenvalue weighted by molar-refractivity contribution is -0.249. The highest BCUT2D eigenvalue weighted by molar-refractivity contribution is 6.01. The molecular formula is C15H22N2O3. The number of amidine groups is 1. The zero-order chi connectivity index (χ0) is 14.6. The lowest BCUT2D eigenvalue weighted by Crippen LogP contribution is -2.44. The van der Waals surface area contributed by atoms with Crippen molar-refractivity contribution in [1.82, 2.24) is 5.32 Å². The van der Waals surface area contributed by atoms with Crippen molar-refractivity contribution in [3.05, 3.63) is 29.3 Å². The molecule has 0 fully saturated rings. The second-order valence-electron chi connectivity index (χ2n) is 4.54. The van der Waals surface area contributed by atoms with Crippen molar-refractivity contribution in [1.29, 1.82) is 5.41 Å². The second kappa shape index (κ2) is 6.24. The van der Waals surface area contributed by atoms with Crippen LogP contribution in [0.25, 0.3) is 0 Å². The van der Waals surface area contributed by atoms with Crippen LogP contribution < -0.4 is 10.1 Å². The lowest BCUT2D eigenvalue weighted by Gasteiger charge is -2.29. The van der Waals surface area contributed by atoms with Gasteiger partial charge in [0.1, 0.15) is 11.6 Å². The smallest absolute Gasteiger partial charge is 0.279 e. The van der Waals surface area contributed by atoms with E-state index in [-0.39, 0.29) is 0 Å². The maximum absolute atomic E-state index is 8.09. The summed E-state index contributed by atoms with van der Waals surface area (Å²) in [5, 5.41) is 11.1. The molecule has 0 unspecified atom stereocenters. The average molecular weight is 278 g/mol. The Morgan fingerprint density at radius 2 is 1.85 bits per heavy atom. The van der Waals surface area contributed by atoms with Crippen molar-refractivity contribution in [3.8, 4) is 5.75 Å². The monoisotopic (exact) mass is 278 g/mol. The SMILES string of the molecule is CCCOc1ccc2c(c1)C(=N)NC2(OCC)OCC. The van der Waals surface area contributed by atoms with Gasteiger partial charge in [0.25, 0.3) is 5.91 Å². The maximum atomic E-state index is 8.09. The summed E-state index contributed by atoms with van der Waals surface area (Å²) in [6, 6.07) is 5.65. The van der Waals surface area contributed by atoms with Gasteiger partial charge in [-0.05, 0) is 38.5 Å². The highest BCUT2D eigenvalue weighted by Crippen LogP contribution is 2.35. The molecule has 0 atom stereocenters. The van der Waals surface area contributed by atoms with E-state index in [1.54, 1.807) is 0 Å². The Kier molecular flexibility index (Phi) is 4.62. The molecule has 0 aromatic heterocycles. The number of rotatable bonds is 7. The zero-order valence-corrected chi connectivity index (χ0v) is 12.3. The van der Waals surface area contributed by atoms with E-state index in [0.717, 1.165) is 23.3 Å². The van der Waals surface area contributed by atoms with Crippen molar-refractivity contribution in [2.24, 2.45) is 0 Å². The van der Waals surface area contributed by atoms with Gasteiger partial charge in [-0.2, -0.15) is 0 Å². The summed E-state index contributed by atoms with van der Waals surface area (Å²) in [7, 11) is 0. The van der Waals surface area contributed by atoms with Crippen LogP contribution in [0.2, 0.25) is 0 Å². The molecular weight excluding hydrogens is 256 g/mol. The molecule has 0 radical (unpaired) electrons. The molecule has 1 aromatic carbocycles. The molecule has 110 valence electrons. The molecule has 0 aliphatic carbocycles. The van der Waals surface area contributed by atoms with Gasteiger partial charge in [0.15, 0.2) is 0 Å². The minimum absolute atomic E-state index is 0.295. The fourth-order valence-corrected chi connectivity index (χ4v) is 2.30. The van der Waals surface area contributed by atoms with E-state index in [4.69, 9.17) is 19.6 Å². The first-order valence-electron chi connectivity index (χ1n) is 7.09. The third-order valence-corrected chi connectivity index (χ3v) is 3.07. The van der Waals surface area contributed by atoms with Gasteiger partial charge < -0.3 is 19.5 Å². The highest BCUT2D eigenvalue weighted by atomic mass is 16.7. The van der Waals surface area contributed by atoms with Crippen LogP contribution >= 0.6 is 0 Å². The molecule has 0 amide bonds. The maximum Gasteiger partial charge on any atom is 0.279 e. The van der Waals surface area contributed by atoms with Crippen LogP contribution in [-0.2, 0) is 15.4 Å². The molecule has 2 rings (SSSR count). The molecule has 1 heterocycles. The van der Waals surface area contributed by atoms with Gasteiger partial charge in [0.2, 0.25) is 0 Å². The van der Waals surface area contributed by atoms with E-state index in [1.165, 1.54) is 0 Å². The summed E-state index contributed by atoms with van der Waals surface area (Å²) in [5.41, 5.74) is 1.59. The second-order valence-corrected chi connectivity index (χ2v) is 4.54. The van der Waals surface area contributed by atoms with Crippen LogP contribution in [0.3, 0.4) is 0 Å². The molecule has 5 heteroatoms. The Hall–Kier alpha value is -1.59. The third-order valence-electron chi connectivity index (χ3n) is 3.07. The molecule has 1 aliphatic heterocycles. The number of hydrogen-bond acceptors (Lipinski definition) is 4. The molecule has 0 spiro atoms.